The highest BCUT2D eigenvalue weighted by atomic mass is 32.2. The molecule has 2 aromatic rings. The van der Waals surface area contributed by atoms with Gasteiger partial charge in [-0.15, -0.1) is 10.2 Å². The fourth-order valence-electron chi connectivity index (χ4n) is 1.99. The summed E-state index contributed by atoms with van der Waals surface area (Å²) in [6.45, 7) is 2.80. The number of hydrogen-bond donors (Lipinski definition) is 1. The second-order valence-electron chi connectivity index (χ2n) is 4.79. The second-order valence-corrected chi connectivity index (χ2v) is 6.99. The summed E-state index contributed by atoms with van der Waals surface area (Å²) in [5.74, 6) is 0.00623. The van der Waals surface area contributed by atoms with Crippen LogP contribution in [0.1, 0.15) is 12.5 Å². The van der Waals surface area contributed by atoms with Crippen molar-refractivity contribution in [2.45, 2.75) is 17.8 Å². The number of rotatable bonds is 8. The maximum absolute atomic E-state index is 13.8. The highest BCUT2D eigenvalue weighted by Gasteiger charge is 2.15. The first-order valence-electron chi connectivity index (χ1n) is 7.31. The molecule has 0 bridgehead atoms. The van der Waals surface area contributed by atoms with E-state index in [0.29, 0.717) is 18.2 Å². The average Bonchev–Trinajstić information content (AvgIpc) is 3.05. The van der Waals surface area contributed by atoms with Gasteiger partial charge in [0.05, 0.1) is 12.9 Å². The van der Waals surface area contributed by atoms with Crippen LogP contribution in [0.15, 0.2) is 22.5 Å². The minimum atomic E-state index is -0.429. The standard InChI is InChI=1S/C15H19FN4O2S2/c1-4-20(8-10-5-6-12(22-3)11(16)7-10)13(21)9-23-15-19-18-14(17-2)24-15/h5-7H,4,8-9H2,1-3H3,(H,17,18). The maximum Gasteiger partial charge on any atom is 0.233 e. The molecule has 9 heteroatoms. The Morgan fingerprint density at radius 1 is 1.46 bits per heavy atom. The summed E-state index contributed by atoms with van der Waals surface area (Å²) >= 11 is 2.75. The van der Waals surface area contributed by atoms with E-state index in [1.807, 2.05) is 6.92 Å². The van der Waals surface area contributed by atoms with Gasteiger partial charge in [0.2, 0.25) is 11.0 Å². The summed E-state index contributed by atoms with van der Waals surface area (Å²) in [5.41, 5.74) is 0.724. The third-order valence-electron chi connectivity index (χ3n) is 3.26. The number of benzene rings is 1. The van der Waals surface area contributed by atoms with Gasteiger partial charge in [0.25, 0.3) is 0 Å². The van der Waals surface area contributed by atoms with Gasteiger partial charge in [-0.05, 0) is 24.6 Å². The lowest BCUT2D eigenvalue weighted by molar-refractivity contribution is -0.128. The summed E-state index contributed by atoms with van der Waals surface area (Å²) in [4.78, 5) is 14.0. The zero-order valence-electron chi connectivity index (χ0n) is 13.7. The molecule has 1 heterocycles. The van der Waals surface area contributed by atoms with Crippen LogP contribution in [0.3, 0.4) is 0 Å². The molecule has 0 spiro atoms. The molecular weight excluding hydrogens is 351 g/mol. The molecular formula is C15H19FN4O2S2. The van der Waals surface area contributed by atoms with Gasteiger partial charge in [0.1, 0.15) is 0 Å². The molecule has 0 aliphatic heterocycles. The van der Waals surface area contributed by atoms with Crippen LogP contribution in [-0.4, -0.2) is 47.5 Å². The molecule has 1 N–H and O–H groups in total. The summed E-state index contributed by atoms with van der Waals surface area (Å²) in [7, 11) is 3.19. The smallest absolute Gasteiger partial charge is 0.233 e. The second kappa shape index (κ2) is 8.84. The van der Waals surface area contributed by atoms with Crippen LogP contribution < -0.4 is 10.1 Å². The van der Waals surface area contributed by atoms with Crippen molar-refractivity contribution in [1.29, 1.82) is 0 Å². The van der Waals surface area contributed by atoms with Crippen molar-refractivity contribution in [2.75, 3.05) is 31.8 Å². The van der Waals surface area contributed by atoms with Crippen LogP contribution in [0, 0.1) is 5.82 Å². The van der Waals surface area contributed by atoms with E-state index in [4.69, 9.17) is 4.74 Å². The highest BCUT2D eigenvalue weighted by molar-refractivity contribution is 8.01. The average molecular weight is 370 g/mol. The molecule has 0 saturated heterocycles. The molecule has 1 aromatic heterocycles. The Labute approximate surface area is 148 Å². The van der Waals surface area contributed by atoms with Crippen molar-refractivity contribution in [3.63, 3.8) is 0 Å². The van der Waals surface area contributed by atoms with Gasteiger partial charge in [-0.25, -0.2) is 4.39 Å². The van der Waals surface area contributed by atoms with E-state index in [1.165, 1.54) is 36.3 Å². The van der Waals surface area contributed by atoms with Crippen LogP contribution in [0.2, 0.25) is 0 Å². The molecule has 0 aliphatic carbocycles. The van der Waals surface area contributed by atoms with Gasteiger partial charge in [-0.1, -0.05) is 29.2 Å². The normalized spacial score (nSPS) is 10.5. The quantitative estimate of drug-likeness (QED) is 0.721. The van der Waals surface area contributed by atoms with Crippen LogP contribution in [0.4, 0.5) is 9.52 Å². The van der Waals surface area contributed by atoms with Crippen LogP contribution >= 0.6 is 23.1 Å². The van der Waals surface area contributed by atoms with E-state index >= 15 is 0 Å². The molecule has 0 radical (unpaired) electrons. The first kappa shape index (κ1) is 18.5. The Kier molecular flexibility index (Phi) is 6.80. The fraction of sp³-hybridized carbons (Fsp3) is 0.400. The van der Waals surface area contributed by atoms with Crippen molar-refractivity contribution >= 4 is 34.1 Å². The molecule has 6 nitrogen and oxygen atoms in total. The van der Waals surface area contributed by atoms with Gasteiger partial charge in [-0.3, -0.25) is 4.79 Å². The molecule has 0 atom stereocenters. The van der Waals surface area contributed by atoms with Crippen LogP contribution in [-0.2, 0) is 11.3 Å². The number of nitrogens with zero attached hydrogens (tertiary/aromatic N) is 3. The van der Waals surface area contributed by atoms with Gasteiger partial charge in [0.15, 0.2) is 15.9 Å². The van der Waals surface area contributed by atoms with Crippen molar-refractivity contribution in [1.82, 2.24) is 15.1 Å². The Hall–Kier alpha value is -1.87. The Balaban J connectivity index is 1.94. The Morgan fingerprint density at radius 2 is 2.25 bits per heavy atom. The maximum atomic E-state index is 13.8. The number of anilines is 1. The van der Waals surface area contributed by atoms with Crippen molar-refractivity contribution in [3.05, 3.63) is 29.6 Å². The molecule has 0 saturated carbocycles. The first-order chi connectivity index (χ1) is 11.6. The summed E-state index contributed by atoms with van der Waals surface area (Å²) < 4.78 is 19.4. The van der Waals surface area contributed by atoms with E-state index in [0.717, 1.165) is 9.90 Å². The highest BCUT2D eigenvalue weighted by Crippen LogP contribution is 2.25. The largest absolute Gasteiger partial charge is 0.494 e. The molecule has 1 aromatic carbocycles. The number of ether oxygens (including phenoxy) is 1. The number of thioether (sulfide) groups is 1. The number of carbonyl (C=O) groups is 1. The number of aromatic nitrogens is 2. The SMILES string of the molecule is CCN(Cc1ccc(OC)c(F)c1)C(=O)CSc1nnc(NC)s1. The number of amides is 1. The van der Waals surface area contributed by atoms with Crippen LogP contribution in [0.5, 0.6) is 5.75 Å². The molecule has 0 aliphatic rings. The topological polar surface area (TPSA) is 67.3 Å². The monoisotopic (exact) mass is 370 g/mol. The van der Waals surface area contributed by atoms with E-state index in [9.17, 15) is 9.18 Å². The lowest BCUT2D eigenvalue weighted by Gasteiger charge is -2.21. The van der Waals surface area contributed by atoms with Gasteiger partial charge < -0.3 is 15.0 Å². The number of halogens is 1. The Bertz CT molecular complexity index is 696. The lowest BCUT2D eigenvalue weighted by Crippen LogP contribution is -2.31. The predicted molar refractivity (Wildman–Crippen MR) is 94.2 cm³/mol. The van der Waals surface area contributed by atoms with Gasteiger partial charge >= 0.3 is 0 Å². The molecule has 0 unspecified atom stereocenters. The fourth-order valence-corrected chi connectivity index (χ4v) is 3.60. The molecule has 1 amide bonds. The molecule has 130 valence electrons. The van der Waals surface area contributed by atoms with E-state index < -0.39 is 5.82 Å². The summed E-state index contributed by atoms with van der Waals surface area (Å²) in [5, 5.41) is 11.5. The number of methoxy groups -OCH3 is 1. The van der Waals surface area contributed by atoms with E-state index in [1.54, 1.807) is 24.1 Å². The number of hydrogen-bond acceptors (Lipinski definition) is 7. The lowest BCUT2D eigenvalue weighted by atomic mass is 10.2. The Morgan fingerprint density at radius 3 is 2.83 bits per heavy atom. The first-order valence-corrected chi connectivity index (χ1v) is 9.11. The molecule has 24 heavy (non-hydrogen) atoms. The van der Waals surface area contributed by atoms with Crippen molar-refractivity contribution in [2.24, 2.45) is 0 Å². The van der Waals surface area contributed by atoms with Crippen molar-refractivity contribution in [3.8, 4) is 5.75 Å². The molecule has 0 fully saturated rings. The number of nitrogens with one attached hydrogen (secondary N) is 1. The zero-order chi connectivity index (χ0) is 17.5. The third kappa shape index (κ3) is 4.81. The van der Waals surface area contributed by atoms with Gasteiger partial charge in [0, 0.05) is 20.1 Å². The van der Waals surface area contributed by atoms with E-state index in [-0.39, 0.29) is 17.4 Å². The summed E-state index contributed by atoms with van der Waals surface area (Å²) in [6.07, 6.45) is 0. The predicted octanol–water partition coefficient (Wildman–Crippen LogP) is 2.87. The molecule has 2 rings (SSSR count). The summed E-state index contributed by atoms with van der Waals surface area (Å²) in [6, 6.07) is 4.72. The number of carbonyl (C=O) groups excluding carboxylic acids is 1. The van der Waals surface area contributed by atoms with Crippen molar-refractivity contribution < 1.29 is 13.9 Å². The minimum absolute atomic E-state index is 0.0278. The van der Waals surface area contributed by atoms with E-state index in [2.05, 4.69) is 15.5 Å². The minimum Gasteiger partial charge on any atom is -0.494 e. The van der Waals surface area contributed by atoms with Crippen LogP contribution in [0.25, 0.3) is 0 Å². The van der Waals surface area contributed by atoms with Gasteiger partial charge in [-0.2, -0.15) is 0 Å². The zero-order valence-corrected chi connectivity index (χ0v) is 15.3. The third-order valence-corrected chi connectivity index (χ3v) is 5.32.